The Morgan fingerprint density at radius 3 is 2.84 bits per heavy atom. The first-order valence-corrected chi connectivity index (χ1v) is 5.10. The highest BCUT2D eigenvalue weighted by molar-refractivity contribution is 6.00. The van der Waals surface area contributed by atoms with E-state index >= 15 is 0 Å². The van der Waals surface area contributed by atoms with Crippen LogP contribution in [0, 0.1) is 5.82 Å². The van der Waals surface area contributed by atoms with E-state index < -0.39 is 17.7 Å². The second kappa shape index (κ2) is 5.21. The maximum Gasteiger partial charge on any atom is 0.337 e. The van der Waals surface area contributed by atoms with Crippen molar-refractivity contribution in [2.75, 3.05) is 5.32 Å². The summed E-state index contributed by atoms with van der Waals surface area (Å²) < 4.78 is 14.1. The van der Waals surface area contributed by atoms with Crippen LogP contribution in [0.2, 0.25) is 0 Å². The number of rotatable bonds is 4. The van der Waals surface area contributed by atoms with Crippen molar-refractivity contribution in [3.05, 3.63) is 35.9 Å². The van der Waals surface area contributed by atoms with Gasteiger partial charge in [0.05, 0.1) is 11.3 Å². The van der Waals surface area contributed by atoms with Gasteiger partial charge in [-0.3, -0.25) is 4.79 Å². The van der Waals surface area contributed by atoms with Gasteiger partial charge in [0.2, 0.25) is 5.91 Å². The van der Waals surface area contributed by atoms with Gasteiger partial charge in [-0.25, -0.2) is 13.9 Å². The summed E-state index contributed by atoms with van der Waals surface area (Å²) in [5, 5.41) is 21.4. The van der Waals surface area contributed by atoms with E-state index in [1.54, 1.807) is 0 Å². The van der Waals surface area contributed by atoms with Crippen LogP contribution in [0.5, 0.6) is 0 Å². The molecule has 9 heteroatoms. The molecule has 0 aliphatic carbocycles. The SMILES string of the molecule is O=C(Cn1cnnn1)Nc1ccc(F)cc1C(=O)O. The minimum atomic E-state index is -1.34. The third-order valence-electron chi connectivity index (χ3n) is 2.18. The zero-order valence-corrected chi connectivity index (χ0v) is 9.45. The lowest BCUT2D eigenvalue weighted by molar-refractivity contribution is -0.116. The molecule has 19 heavy (non-hydrogen) atoms. The molecule has 8 nitrogen and oxygen atoms in total. The second-order valence-corrected chi connectivity index (χ2v) is 3.55. The van der Waals surface area contributed by atoms with Crippen LogP contribution in [0.25, 0.3) is 0 Å². The molecule has 0 aliphatic heterocycles. The molecule has 1 heterocycles. The normalized spacial score (nSPS) is 10.2. The number of carboxylic acid groups (broad SMARTS) is 1. The number of tetrazole rings is 1. The van der Waals surface area contributed by atoms with Gasteiger partial charge in [-0.15, -0.1) is 5.10 Å². The van der Waals surface area contributed by atoms with Gasteiger partial charge in [0.25, 0.3) is 0 Å². The summed E-state index contributed by atoms with van der Waals surface area (Å²) in [7, 11) is 0. The molecule has 1 amide bonds. The highest BCUT2D eigenvalue weighted by atomic mass is 19.1. The largest absolute Gasteiger partial charge is 0.478 e. The minimum absolute atomic E-state index is 0.00646. The molecule has 0 bridgehead atoms. The molecule has 2 aromatic rings. The maximum atomic E-state index is 12.9. The topological polar surface area (TPSA) is 110 Å². The average Bonchev–Trinajstić information content (AvgIpc) is 2.83. The van der Waals surface area contributed by atoms with Crippen LogP contribution in [0.15, 0.2) is 24.5 Å². The molecule has 0 unspecified atom stereocenters. The molecular weight excluding hydrogens is 257 g/mol. The summed E-state index contributed by atoms with van der Waals surface area (Å²) in [5.74, 6) is -2.56. The van der Waals surface area contributed by atoms with Crippen LogP contribution in [0.3, 0.4) is 0 Å². The Morgan fingerprint density at radius 1 is 1.42 bits per heavy atom. The van der Waals surface area contributed by atoms with Gasteiger partial charge in [-0.1, -0.05) is 0 Å². The quantitative estimate of drug-likeness (QED) is 0.814. The standard InChI is InChI=1S/C10H8FN5O3/c11-6-1-2-8(7(3-6)10(18)19)13-9(17)4-16-5-12-14-15-16/h1-3,5H,4H2,(H,13,17)(H,18,19). The van der Waals surface area contributed by atoms with Gasteiger partial charge in [0.15, 0.2) is 0 Å². The summed E-state index contributed by atoms with van der Waals surface area (Å²) in [6, 6.07) is 3.06. The number of hydrogen-bond acceptors (Lipinski definition) is 5. The number of carboxylic acids is 1. The number of hydrogen-bond donors (Lipinski definition) is 2. The number of aromatic carboxylic acids is 1. The maximum absolute atomic E-state index is 12.9. The van der Waals surface area contributed by atoms with Crippen molar-refractivity contribution in [1.82, 2.24) is 20.2 Å². The van der Waals surface area contributed by atoms with Crippen LogP contribution in [0.4, 0.5) is 10.1 Å². The third-order valence-corrected chi connectivity index (χ3v) is 2.18. The smallest absolute Gasteiger partial charge is 0.337 e. The zero-order chi connectivity index (χ0) is 13.8. The van der Waals surface area contributed by atoms with Gasteiger partial charge in [0.1, 0.15) is 18.7 Å². The van der Waals surface area contributed by atoms with Gasteiger partial charge >= 0.3 is 5.97 Å². The van der Waals surface area contributed by atoms with Crippen LogP contribution >= 0.6 is 0 Å². The van der Waals surface area contributed by atoms with E-state index in [1.165, 1.54) is 17.1 Å². The number of anilines is 1. The molecule has 0 fully saturated rings. The highest BCUT2D eigenvalue weighted by Crippen LogP contribution is 2.17. The Hall–Kier alpha value is -2.84. The summed E-state index contributed by atoms with van der Waals surface area (Å²) in [6.45, 7) is -0.177. The first-order valence-electron chi connectivity index (χ1n) is 5.10. The molecule has 0 spiro atoms. The van der Waals surface area contributed by atoms with Crippen LogP contribution < -0.4 is 5.32 Å². The monoisotopic (exact) mass is 265 g/mol. The Kier molecular flexibility index (Phi) is 3.46. The molecule has 0 saturated heterocycles. The van der Waals surface area contributed by atoms with Gasteiger partial charge in [0, 0.05) is 0 Å². The fourth-order valence-corrected chi connectivity index (χ4v) is 1.39. The predicted octanol–water partition coefficient (Wildman–Crippen LogP) is 0.149. The van der Waals surface area contributed by atoms with E-state index in [9.17, 15) is 14.0 Å². The Balaban J connectivity index is 2.14. The van der Waals surface area contributed by atoms with E-state index in [-0.39, 0.29) is 17.8 Å². The van der Waals surface area contributed by atoms with E-state index in [4.69, 9.17) is 5.11 Å². The number of carbonyl (C=O) groups is 2. The fourth-order valence-electron chi connectivity index (χ4n) is 1.39. The van der Waals surface area contributed by atoms with Crippen LogP contribution in [-0.4, -0.2) is 37.2 Å². The molecule has 2 N–H and O–H groups in total. The molecular formula is C10H8FN5O3. The predicted molar refractivity (Wildman–Crippen MR) is 59.8 cm³/mol. The lowest BCUT2D eigenvalue weighted by Crippen LogP contribution is -2.20. The van der Waals surface area contributed by atoms with E-state index in [0.29, 0.717) is 0 Å². The molecule has 0 aliphatic rings. The number of nitrogens with one attached hydrogen (secondary N) is 1. The molecule has 2 rings (SSSR count). The summed E-state index contributed by atoms with van der Waals surface area (Å²) in [6.07, 6.45) is 1.24. The number of carbonyl (C=O) groups excluding carboxylic acids is 1. The number of aromatic nitrogens is 4. The van der Waals surface area contributed by atoms with Crippen molar-refractivity contribution < 1.29 is 19.1 Å². The van der Waals surface area contributed by atoms with Gasteiger partial charge < -0.3 is 10.4 Å². The van der Waals surface area contributed by atoms with Gasteiger partial charge in [-0.05, 0) is 28.6 Å². The Labute approximate surface area is 105 Å². The molecule has 0 atom stereocenters. The minimum Gasteiger partial charge on any atom is -0.478 e. The van der Waals surface area contributed by atoms with Crippen molar-refractivity contribution in [2.45, 2.75) is 6.54 Å². The van der Waals surface area contributed by atoms with E-state index in [2.05, 4.69) is 20.8 Å². The first-order chi connectivity index (χ1) is 9.06. The first kappa shape index (κ1) is 12.6. The van der Waals surface area contributed by atoms with E-state index in [1.807, 2.05) is 0 Å². The molecule has 1 aromatic carbocycles. The van der Waals surface area contributed by atoms with Crippen molar-refractivity contribution >= 4 is 17.6 Å². The third kappa shape index (κ3) is 3.09. The van der Waals surface area contributed by atoms with Crippen molar-refractivity contribution in [2.24, 2.45) is 0 Å². The summed E-state index contributed by atoms with van der Waals surface area (Å²) in [5.41, 5.74) is -0.322. The molecule has 0 radical (unpaired) electrons. The fraction of sp³-hybridized carbons (Fsp3) is 0.100. The Bertz CT molecular complexity index is 614. The second-order valence-electron chi connectivity index (χ2n) is 3.55. The molecule has 0 saturated carbocycles. The van der Waals surface area contributed by atoms with Crippen LogP contribution in [-0.2, 0) is 11.3 Å². The van der Waals surface area contributed by atoms with Crippen molar-refractivity contribution in [1.29, 1.82) is 0 Å². The lowest BCUT2D eigenvalue weighted by atomic mass is 10.1. The Morgan fingerprint density at radius 2 is 2.21 bits per heavy atom. The van der Waals surface area contributed by atoms with E-state index in [0.717, 1.165) is 12.1 Å². The lowest BCUT2D eigenvalue weighted by Gasteiger charge is -2.08. The number of halogens is 1. The van der Waals surface area contributed by atoms with Crippen LogP contribution in [0.1, 0.15) is 10.4 Å². The average molecular weight is 265 g/mol. The number of benzene rings is 1. The van der Waals surface area contributed by atoms with Gasteiger partial charge in [-0.2, -0.15) is 0 Å². The number of amides is 1. The summed E-state index contributed by atoms with van der Waals surface area (Å²) in [4.78, 5) is 22.5. The van der Waals surface area contributed by atoms with Crippen molar-refractivity contribution in [3.8, 4) is 0 Å². The highest BCUT2D eigenvalue weighted by Gasteiger charge is 2.14. The summed E-state index contributed by atoms with van der Waals surface area (Å²) >= 11 is 0. The molecule has 1 aromatic heterocycles. The molecule has 98 valence electrons. The van der Waals surface area contributed by atoms with Crippen molar-refractivity contribution in [3.63, 3.8) is 0 Å². The number of nitrogens with zero attached hydrogens (tertiary/aromatic N) is 4. The zero-order valence-electron chi connectivity index (χ0n) is 9.45.